The molecule has 0 aliphatic heterocycles. The van der Waals surface area contributed by atoms with Crippen molar-refractivity contribution in [3.63, 3.8) is 0 Å². The van der Waals surface area contributed by atoms with E-state index in [-0.39, 0.29) is 24.0 Å². The number of guanidine groups is 1. The van der Waals surface area contributed by atoms with Crippen molar-refractivity contribution in [3.8, 4) is 5.75 Å². The van der Waals surface area contributed by atoms with Crippen LogP contribution in [0.1, 0.15) is 37.3 Å². The third-order valence-electron chi connectivity index (χ3n) is 3.19. The largest absolute Gasteiger partial charge is 0.496 e. The van der Waals surface area contributed by atoms with Crippen LogP contribution in [0.4, 0.5) is 0 Å². The molecule has 0 bridgehead atoms. The maximum absolute atomic E-state index is 5.40. The van der Waals surface area contributed by atoms with Crippen molar-refractivity contribution in [2.45, 2.75) is 39.7 Å². The molecule has 0 saturated heterocycles. The number of hydrogen-bond acceptors (Lipinski definition) is 2. The number of unbranched alkanes of at least 4 members (excludes halogenated alkanes) is 2. The van der Waals surface area contributed by atoms with Crippen LogP contribution in [0.5, 0.6) is 5.75 Å². The summed E-state index contributed by atoms with van der Waals surface area (Å²) < 4.78 is 5.40. The summed E-state index contributed by atoms with van der Waals surface area (Å²) in [5.41, 5.74) is 2.34. The molecule has 0 aliphatic carbocycles. The number of halogens is 1. The number of hydrogen-bond donors (Lipinski definition) is 2. The van der Waals surface area contributed by atoms with Crippen LogP contribution < -0.4 is 15.4 Å². The van der Waals surface area contributed by atoms with E-state index in [2.05, 4.69) is 47.7 Å². The van der Waals surface area contributed by atoms with Crippen LogP contribution in [0.2, 0.25) is 0 Å². The van der Waals surface area contributed by atoms with Gasteiger partial charge in [-0.1, -0.05) is 31.9 Å². The van der Waals surface area contributed by atoms with E-state index in [0.29, 0.717) is 6.54 Å². The number of benzene rings is 1. The SMILES string of the molecule is CCCCCNC(=NC)NCc1ccc(C)cc1OC.I. The topological polar surface area (TPSA) is 45.7 Å². The molecule has 1 aromatic rings. The van der Waals surface area contributed by atoms with Crippen molar-refractivity contribution in [2.75, 3.05) is 20.7 Å². The average molecular weight is 405 g/mol. The highest BCUT2D eigenvalue weighted by molar-refractivity contribution is 14.0. The van der Waals surface area contributed by atoms with Gasteiger partial charge in [0, 0.05) is 25.7 Å². The molecule has 1 rings (SSSR count). The monoisotopic (exact) mass is 405 g/mol. The molecule has 0 unspecified atom stereocenters. The molecular weight excluding hydrogens is 377 g/mol. The second-order valence-corrected chi connectivity index (χ2v) is 4.87. The summed E-state index contributed by atoms with van der Waals surface area (Å²) in [5, 5.41) is 6.64. The first kappa shape index (κ1) is 20.0. The molecule has 0 amide bonds. The van der Waals surface area contributed by atoms with Gasteiger partial charge in [-0.15, -0.1) is 24.0 Å². The third kappa shape index (κ3) is 7.55. The van der Waals surface area contributed by atoms with Gasteiger partial charge in [0.2, 0.25) is 0 Å². The Hall–Kier alpha value is -0.980. The van der Waals surface area contributed by atoms with Crippen LogP contribution >= 0.6 is 24.0 Å². The van der Waals surface area contributed by atoms with Crippen LogP contribution in [0.15, 0.2) is 23.2 Å². The Balaban J connectivity index is 0.00000400. The van der Waals surface area contributed by atoms with Gasteiger partial charge in [0.05, 0.1) is 7.11 Å². The molecular formula is C16H28IN3O. The van der Waals surface area contributed by atoms with Crippen molar-refractivity contribution in [2.24, 2.45) is 4.99 Å². The molecule has 5 heteroatoms. The third-order valence-corrected chi connectivity index (χ3v) is 3.19. The minimum Gasteiger partial charge on any atom is -0.496 e. The quantitative estimate of drug-likeness (QED) is 0.316. The Labute approximate surface area is 145 Å². The summed E-state index contributed by atoms with van der Waals surface area (Å²) in [5.74, 6) is 1.75. The summed E-state index contributed by atoms with van der Waals surface area (Å²) in [6, 6.07) is 6.23. The highest BCUT2D eigenvalue weighted by Crippen LogP contribution is 2.19. The number of nitrogens with zero attached hydrogens (tertiary/aromatic N) is 1. The molecule has 1 aromatic carbocycles. The molecule has 2 N–H and O–H groups in total. The van der Waals surface area contributed by atoms with Gasteiger partial charge in [-0.25, -0.2) is 0 Å². The van der Waals surface area contributed by atoms with E-state index >= 15 is 0 Å². The number of aliphatic imine (C=N–C) groups is 1. The Morgan fingerprint density at radius 2 is 2.00 bits per heavy atom. The van der Waals surface area contributed by atoms with Crippen molar-refractivity contribution < 1.29 is 4.74 Å². The van der Waals surface area contributed by atoms with Crippen molar-refractivity contribution in [3.05, 3.63) is 29.3 Å². The van der Waals surface area contributed by atoms with E-state index in [4.69, 9.17) is 4.74 Å². The summed E-state index contributed by atoms with van der Waals surface area (Å²) in [6.07, 6.45) is 3.65. The van der Waals surface area contributed by atoms with E-state index in [1.54, 1.807) is 14.2 Å². The molecule has 0 fully saturated rings. The number of methoxy groups -OCH3 is 1. The maximum atomic E-state index is 5.40. The molecule has 0 radical (unpaired) electrons. The molecule has 0 atom stereocenters. The summed E-state index contributed by atoms with van der Waals surface area (Å²) in [7, 11) is 3.50. The molecule has 0 aliphatic rings. The first-order chi connectivity index (χ1) is 9.71. The number of nitrogens with one attached hydrogen (secondary N) is 2. The predicted molar refractivity (Wildman–Crippen MR) is 101 cm³/mol. The molecule has 0 saturated carbocycles. The van der Waals surface area contributed by atoms with Gasteiger partial charge in [-0.2, -0.15) is 0 Å². The van der Waals surface area contributed by atoms with Crippen molar-refractivity contribution in [1.29, 1.82) is 0 Å². The van der Waals surface area contributed by atoms with Crippen LogP contribution in [-0.2, 0) is 6.54 Å². The molecule has 4 nitrogen and oxygen atoms in total. The van der Waals surface area contributed by atoms with Gasteiger partial charge in [-0.3, -0.25) is 4.99 Å². The second-order valence-electron chi connectivity index (χ2n) is 4.87. The van der Waals surface area contributed by atoms with Crippen LogP contribution in [0.3, 0.4) is 0 Å². The zero-order valence-electron chi connectivity index (χ0n) is 13.5. The lowest BCUT2D eigenvalue weighted by Crippen LogP contribution is -2.37. The van der Waals surface area contributed by atoms with E-state index in [1.807, 2.05) is 0 Å². The Bertz CT molecular complexity index is 436. The Morgan fingerprint density at radius 3 is 2.62 bits per heavy atom. The van der Waals surface area contributed by atoms with E-state index in [0.717, 1.165) is 23.8 Å². The number of aryl methyl sites for hydroxylation is 1. The zero-order chi connectivity index (χ0) is 14.8. The molecule has 21 heavy (non-hydrogen) atoms. The maximum Gasteiger partial charge on any atom is 0.191 e. The summed E-state index contributed by atoms with van der Waals surface area (Å²) in [6.45, 7) is 5.93. The second kappa shape index (κ2) is 11.7. The number of rotatable bonds is 7. The lowest BCUT2D eigenvalue weighted by Gasteiger charge is -2.14. The van der Waals surface area contributed by atoms with Gasteiger partial charge in [0.15, 0.2) is 5.96 Å². The highest BCUT2D eigenvalue weighted by atomic mass is 127. The predicted octanol–water partition coefficient (Wildman–Crippen LogP) is 3.48. The summed E-state index contributed by atoms with van der Waals surface area (Å²) >= 11 is 0. The molecule has 120 valence electrons. The fourth-order valence-corrected chi connectivity index (χ4v) is 1.98. The highest BCUT2D eigenvalue weighted by Gasteiger charge is 2.04. The van der Waals surface area contributed by atoms with Gasteiger partial charge >= 0.3 is 0 Å². The minimum atomic E-state index is 0. The van der Waals surface area contributed by atoms with Crippen LogP contribution in [0.25, 0.3) is 0 Å². The zero-order valence-corrected chi connectivity index (χ0v) is 15.9. The van der Waals surface area contributed by atoms with Gasteiger partial charge in [0.1, 0.15) is 5.75 Å². The van der Waals surface area contributed by atoms with E-state index in [9.17, 15) is 0 Å². The Morgan fingerprint density at radius 1 is 1.24 bits per heavy atom. The smallest absolute Gasteiger partial charge is 0.191 e. The van der Waals surface area contributed by atoms with E-state index < -0.39 is 0 Å². The fourth-order valence-electron chi connectivity index (χ4n) is 1.98. The fraction of sp³-hybridized carbons (Fsp3) is 0.562. The van der Waals surface area contributed by atoms with Gasteiger partial charge in [-0.05, 0) is 25.0 Å². The van der Waals surface area contributed by atoms with Gasteiger partial charge in [0.25, 0.3) is 0 Å². The van der Waals surface area contributed by atoms with Crippen molar-refractivity contribution in [1.82, 2.24) is 10.6 Å². The van der Waals surface area contributed by atoms with E-state index in [1.165, 1.54) is 24.8 Å². The van der Waals surface area contributed by atoms with Crippen molar-refractivity contribution >= 4 is 29.9 Å². The molecule has 0 spiro atoms. The summed E-state index contributed by atoms with van der Waals surface area (Å²) in [4.78, 5) is 4.23. The minimum absolute atomic E-state index is 0. The Kier molecular flexibility index (Phi) is 11.1. The van der Waals surface area contributed by atoms with Gasteiger partial charge < -0.3 is 15.4 Å². The molecule has 0 heterocycles. The average Bonchev–Trinajstić information content (AvgIpc) is 2.47. The lowest BCUT2D eigenvalue weighted by molar-refractivity contribution is 0.408. The standard InChI is InChI=1S/C16H27N3O.HI/c1-5-6-7-10-18-16(17-3)19-12-14-9-8-13(2)11-15(14)20-4;/h8-9,11H,5-7,10,12H2,1-4H3,(H2,17,18,19);1H. The normalized spacial score (nSPS) is 10.8. The number of ether oxygens (including phenoxy) is 1. The first-order valence-corrected chi connectivity index (χ1v) is 7.29. The lowest BCUT2D eigenvalue weighted by atomic mass is 10.1. The van der Waals surface area contributed by atoms with Crippen LogP contribution in [0, 0.1) is 6.92 Å². The first-order valence-electron chi connectivity index (χ1n) is 7.29. The molecule has 0 aromatic heterocycles. The van der Waals surface area contributed by atoms with Crippen LogP contribution in [-0.4, -0.2) is 26.7 Å².